The second-order valence-corrected chi connectivity index (χ2v) is 5.72. The van der Waals surface area contributed by atoms with Gasteiger partial charge in [-0.05, 0) is 47.0 Å². The van der Waals surface area contributed by atoms with Crippen LogP contribution in [0.4, 0.5) is 10.5 Å². The highest BCUT2D eigenvalue weighted by Gasteiger charge is 2.46. The van der Waals surface area contributed by atoms with E-state index in [-0.39, 0.29) is 18.5 Å². The first-order valence-corrected chi connectivity index (χ1v) is 6.84. The molecule has 3 amide bonds. The maximum atomic E-state index is 12.2. The lowest BCUT2D eigenvalue weighted by atomic mass is 9.99. The first kappa shape index (κ1) is 13.9. The monoisotopic (exact) mass is 325 g/mol. The van der Waals surface area contributed by atoms with Gasteiger partial charge in [0, 0.05) is 10.2 Å². The van der Waals surface area contributed by atoms with Gasteiger partial charge in [-0.25, -0.2) is 4.79 Å². The van der Waals surface area contributed by atoms with Crippen molar-refractivity contribution >= 4 is 33.6 Å². The summed E-state index contributed by atoms with van der Waals surface area (Å²) >= 11 is 3.31. The van der Waals surface area contributed by atoms with Crippen LogP contribution in [0.25, 0.3) is 0 Å². The zero-order valence-electron chi connectivity index (χ0n) is 10.9. The van der Waals surface area contributed by atoms with Crippen LogP contribution in [-0.4, -0.2) is 22.4 Å². The molecule has 1 aliphatic heterocycles. The van der Waals surface area contributed by atoms with Gasteiger partial charge in [0.1, 0.15) is 5.54 Å². The lowest BCUT2D eigenvalue weighted by Gasteiger charge is -2.19. The third-order valence-electron chi connectivity index (χ3n) is 3.45. The Labute approximate surface area is 120 Å². The molecule has 6 heteroatoms. The van der Waals surface area contributed by atoms with E-state index >= 15 is 0 Å². The summed E-state index contributed by atoms with van der Waals surface area (Å²) in [4.78, 5) is 25.3. The SMILES string of the molecule is CCC1(C)NC(=O)N(Cc2ccc(Br)c(N)c2)C1=O. The Hall–Kier alpha value is -1.56. The highest BCUT2D eigenvalue weighted by Crippen LogP contribution is 2.25. The van der Waals surface area contributed by atoms with Crippen LogP contribution in [0, 0.1) is 0 Å². The minimum absolute atomic E-state index is 0.193. The van der Waals surface area contributed by atoms with E-state index in [1.54, 1.807) is 13.0 Å². The molecule has 1 aromatic rings. The van der Waals surface area contributed by atoms with E-state index in [1.807, 2.05) is 19.1 Å². The van der Waals surface area contributed by atoms with Gasteiger partial charge in [-0.1, -0.05) is 13.0 Å². The normalized spacial score (nSPS) is 22.8. The molecule has 0 aliphatic carbocycles. The zero-order chi connectivity index (χ0) is 14.2. The van der Waals surface area contributed by atoms with Crippen molar-refractivity contribution in [3.8, 4) is 0 Å². The van der Waals surface area contributed by atoms with Crippen LogP contribution in [0.15, 0.2) is 22.7 Å². The number of urea groups is 1. The average molecular weight is 326 g/mol. The summed E-state index contributed by atoms with van der Waals surface area (Å²) in [5.41, 5.74) is 6.41. The number of hydrogen-bond donors (Lipinski definition) is 2. The summed E-state index contributed by atoms with van der Waals surface area (Å²) in [6.07, 6.45) is 0.566. The smallest absolute Gasteiger partial charge is 0.325 e. The Morgan fingerprint density at radius 1 is 1.42 bits per heavy atom. The molecule has 0 aromatic heterocycles. The lowest BCUT2D eigenvalue weighted by molar-refractivity contribution is -0.131. The molecule has 1 saturated heterocycles. The van der Waals surface area contributed by atoms with Crippen LogP contribution < -0.4 is 11.1 Å². The van der Waals surface area contributed by atoms with Crippen molar-refractivity contribution in [3.63, 3.8) is 0 Å². The van der Waals surface area contributed by atoms with E-state index in [0.717, 1.165) is 10.0 Å². The van der Waals surface area contributed by atoms with Crippen LogP contribution in [0.3, 0.4) is 0 Å². The van der Waals surface area contributed by atoms with Gasteiger partial charge >= 0.3 is 6.03 Å². The predicted molar refractivity (Wildman–Crippen MR) is 76.3 cm³/mol. The Morgan fingerprint density at radius 2 is 2.11 bits per heavy atom. The fourth-order valence-corrected chi connectivity index (χ4v) is 2.25. The number of imide groups is 1. The molecule has 1 aliphatic rings. The van der Waals surface area contributed by atoms with Crippen molar-refractivity contribution in [2.24, 2.45) is 0 Å². The van der Waals surface area contributed by atoms with E-state index in [4.69, 9.17) is 5.73 Å². The first-order chi connectivity index (χ1) is 8.87. The summed E-state index contributed by atoms with van der Waals surface area (Å²) in [7, 11) is 0. The van der Waals surface area contributed by atoms with Crippen molar-refractivity contribution in [2.75, 3.05) is 5.73 Å². The molecule has 1 aromatic carbocycles. The van der Waals surface area contributed by atoms with Crippen molar-refractivity contribution in [1.82, 2.24) is 10.2 Å². The van der Waals surface area contributed by atoms with Crippen molar-refractivity contribution in [2.45, 2.75) is 32.4 Å². The summed E-state index contributed by atoms with van der Waals surface area (Å²) < 4.78 is 0.798. The third kappa shape index (κ3) is 2.45. The number of amides is 3. The first-order valence-electron chi connectivity index (χ1n) is 6.05. The molecule has 19 heavy (non-hydrogen) atoms. The number of nitrogens with zero attached hydrogens (tertiary/aromatic N) is 1. The molecule has 5 nitrogen and oxygen atoms in total. The highest BCUT2D eigenvalue weighted by molar-refractivity contribution is 9.10. The molecule has 0 bridgehead atoms. The molecule has 0 spiro atoms. The van der Waals surface area contributed by atoms with E-state index < -0.39 is 5.54 Å². The number of carbonyl (C=O) groups excluding carboxylic acids is 2. The largest absolute Gasteiger partial charge is 0.398 e. The summed E-state index contributed by atoms with van der Waals surface area (Å²) in [6, 6.07) is 5.05. The van der Waals surface area contributed by atoms with Crippen molar-refractivity contribution < 1.29 is 9.59 Å². The van der Waals surface area contributed by atoms with Gasteiger partial charge in [-0.2, -0.15) is 0 Å². The third-order valence-corrected chi connectivity index (χ3v) is 4.18. The Morgan fingerprint density at radius 3 is 2.63 bits per heavy atom. The van der Waals surface area contributed by atoms with Crippen LogP contribution >= 0.6 is 15.9 Å². The number of nitrogens with two attached hydrogens (primary N) is 1. The molecule has 3 N–H and O–H groups in total. The standard InChI is InChI=1S/C13H16BrN3O2/c1-3-13(2)11(18)17(12(19)16-13)7-8-4-5-9(14)10(15)6-8/h4-6H,3,7,15H2,1-2H3,(H,16,19). The number of anilines is 1. The van der Waals surface area contributed by atoms with Crippen LogP contribution in [-0.2, 0) is 11.3 Å². The predicted octanol–water partition coefficient (Wildman–Crippen LogP) is 2.25. The molecule has 1 atom stereocenters. The minimum atomic E-state index is -0.794. The number of nitrogens with one attached hydrogen (secondary N) is 1. The second kappa shape index (κ2) is 4.85. The molecule has 0 saturated carbocycles. The lowest BCUT2D eigenvalue weighted by Crippen LogP contribution is -2.43. The van der Waals surface area contributed by atoms with Gasteiger partial charge < -0.3 is 11.1 Å². The summed E-state index contributed by atoms with van der Waals surface area (Å²) in [5.74, 6) is -0.193. The van der Waals surface area contributed by atoms with Crippen LogP contribution in [0.1, 0.15) is 25.8 Å². The molecular formula is C13H16BrN3O2. The number of nitrogen functional groups attached to an aromatic ring is 1. The minimum Gasteiger partial charge on any atom is -0.398 e. The quantitative estimate of drug-likeness (QED) is 0.661. The van der Waals surface area contributed by atoms with E-state index in [2.05, 4.69) is 21.2 Å². The highest BCUT2D eigenvalue weighted by atomic mass is 79.9. The fraction of sp³-hybridized carbons (Fsp3) is 0.385. The van der Waals surface area contributed by atoms with Gasteiger partial charge in [-0.3, -0.25) is 9.69 Å². The van der Waals surface area contributed by atoms with Crippen molar-refractivity contribution in [3.05, 3.63) is 28.2 Å². The molecule has 102 valence electrons. The molecule has 0 radical (unpaired) electrons. The Kier molecular flexibility index (Phi) is 3.54. The van der Waals surface area contributed by atoms with Crippen LogP contribution in [0.2, 0.25) is 0 Å². The van der Waals surface area contributed by atoms with E-state index in [0.29, 0.717) is 12.1 Å². The molecular weight excluding hydrogens is 310 g/mol. The average Bonchev–Trinajstić information content (AvgIpc) is 2.58. The van der Waals surface area contributed by atoms with Gasteiger partial charge in [0.25, 0.3) is 5.91 Å². The summed E-state index contributed by atoms with van der Waals surface area (Å²) in [6.45, 7) is 3.85. The number of hydrogen-bond acceptors (Lipinski definition) is 3. The number of halogens is 1. The molecule has 1 fully saturated rings. The van der Waals surface area contributed by atoms with Gasteiger partial charge in [0.05, 0.1) is 6.54 Å². The zero-order valence-corrected chi connectivity index (χ0v) is 12.5. The molecule has 1 unspecified atom stereocenters. The maximum absolute atomic E-state index is 12.2. The van der Waals surface area contributed by atoms with E-state index in [9.17, 15) is 9.59 Å². The van der Waals surface area contributed by atoms with Gasteiger partial charge in [-0.15, -0.1) is 0 Å². The van der Waals surface area contributed by atoms with Gasteiger partial charge in [0.2, 0.25) is 0 Å². The molecule has 2 rings (SSSR count). The molecule has 1 heterocycles. The Bertz CT molecular complexity index is 547. The Balaban J connectivity index is 2.21. The van der Waals surface area contributed by atoms with E-state index in [1.165, 1.54) is 4.90 Å². The fourth-order valence-electron chi connectivity index (χ4n) is 2.00. The topological polar surface area (TPSA) is 75.4 Å². The van der Waals surface area contributed by atoms with Crippen LogP contribution in [0.5, 0.6) is 0 Å². The maximum Gasteiger partial charge on any atom is 0.325 e. The number of benzene rings is 1. The van der Waals surface area contributed by atoms with Crippen molar-refractivity contribution in [1.29, 1.82) is 0 Å². The second-order valence-electron chi connectivity index (χ2n) is 4.86. The number of carbonyl (C=O) groups is 2. The van der Waals surface area contributed by atoms with Gasteiger partial charge in [0.15, 0.2) is 0 Å². The number of rotatable bonds is 3. The summed E-state index contributed by atoms with van der Waals surface area (Å²) in [5, 5.41) is 2.72.